The molecule has 18 heavy (non-hydrogen) atoms. The molecular formula is C14H18N2O2. The lowest BCUT2D eigenvalue weighted by Gasteiger charge is -2.14. The number of rotatable bonds is 5. The van der Waals surface area contributed by atoms with Crippen molar-refractivity contribution in [2.75, 3.05) is 0 Å². The molecule has 0 fully saturated rings. The second kappa shape index (κ2) is 5.21. The van der Waals surface area contributed by atoms with Crippen molar-refractivity contribution in [3.63, 3.8) is 0 Å². The standard InChI is InChI=1S/C14H18N2O2/c1-3-11(4-2)10-15-8-7-12-5-6-13(16(17)18)9-14(12)15/h5-9,11H,3-4,10H2,1-2H3. The van der Waals surface area contributed by atoms with E-state index in [9.17, 15) is 10.1 Å². The Bertz CT molecular complexity index is 556. The number of hydrogen-bond donors (Lipinski definition) is 0. The molecule has 0 atom stereocenters. The molecule has 0 unspecified atom stereocenters. The van der Waals surface area contributed by atoms with Gasteiger partial charge >= 0.3 is 0 Å². The Kier molecular flexibility index (Phi) is 3.65. The van der Waals surface area contributed by atoms with Gasteiger partial charge in [0.1, 0.15) is 0 Å². The number of hydrogen-bond acceptors (Lipinski definition) is 2. The van der Waals surface area contributed by atoms with Gasteiger partial charge in [-0.2, -0.15) is 0 Å². The molecule has 0 spiro atoms. The lowest BCUT2D eigenvalue weighted by atomic mass is 10.0. The first-order valence-electron chi connectivity index (χ1n) is 6.39. The molecule has 0 aliphatic heterocycles. The summed E-state index contributed by atoms with van der Waals surface area (Å²) in [6.45, 7) is 5.29. The molecule has 0 aliphatic rings. The van der Waals surface area contributed by atoms with Gasteiger partial charge in [-0.3, -0.25) is 10.1 Å². The minimum absolute atomic E-state index is 0.159. The van der Waals surface area contributed by atoms with E-state index in [0.717, 1.165) is 30.3 Å². The molecular weight excluding hydrogens is 228 g/mol. The van der Waals surface area contributed by atoms with Crippen LogP contribution in [0.5, 0.6) is 0 Å². The normalized spacial score (nSPS) is 11.3. The summed E-state index contributed by atoms with van der Waals surface area (Å²) in [4.78, 5) is 10.5. The Morgan fingerprint density at radius 3 is 2.61 bits per heavy atom. The van der Waals surface area contributed by atoms with Crippen LogP contribution >= 0.6 is 0 Å². The highest BCUT2D eigenvalue weighted by molar-refractivity contribution is 5.82. The number of aromatic nitrogens is 1. The third kappa shape index (κ3) is 2.37. The summed E-state index contributed by atoms with van der Waals surface area (Å²) in [5, 5.41) is 11.9. The van der Waals surface area contributed by atoms with Crippen molar-refractivity contribution in [2.45, 2.75) is 33.2 Å². The van der Waals surface area contributed by atoms with Crippen molar-refractivity contribution in [1.29, 1.82) is 0 Å². The highest BCUT2D eigenvalue weighted by Crippen LogP contribution is 2.23. The van der Waals surface area contributed by atoms with Crippen LogP contribution in [0.3, 0.4) is 0 Å². The third-order valence-electron chi connectivity index (χ3n) is 3.58. The maximum absolute atomic E-state index is 10.8. The van der Waals surface area contributed by atoms with E-state index in [0.29, 0.717) is 5.92 Å². The minimum atomic E-state index is -0.339. The van der Waals surface area contributed by atoms with Gasteiger partial charge in [0.2, 0.25) is 0 Å². The van der Waals surface area contributed by atoms with Gasteiger partial charge in [0.25, 0.3) is 5.69 Å². The van der Waals surface area contributed by atoms with Gasteiger partial charge in [0.15, 0.2) is 0 Å². The Labute approximate surface area is 106 Å². The van der Waals surface area contributed by atoms with Crippen LogP contribution in [0.1, 0.15) is 26.7 Å². The monoisotopic (exact) mass is 246 g/mol. The second-order valence-corrected chi connectivity index (χ2v) is 4.65. The first-order valence-corrected chi connectivity index (χ1v) is 6.39. The van der Waals surface area contributed by atoms with E-state index in [1.807, 2.05) is 18.3 Å². The van der Waals surface area contributed by atoms with Crippen LogP contribution in [-0.4, -0.2) is 9.49 Å². The molecule has 0 saturated heterocycles. The van der Waals surface area contributed by atoms with Crippen LogP contribution in [0.15, 0.2) is 30.5 Å². The van der Waals surface area contributed by atoms with Crippen LogP contribution in [0.25, 0.3) is 10.9 Å². The maximum atomic E-state index is 10.8. The molecule has 0 aliphatic carbocycles. The first kappa shape index (κ1) is 12.6. The molecule has 0 saturated carbocycles. The van der Waals surface area contributed by atoms with Crippen molar-refractivity contribution in [3.05, 3.63) is 40.6 Å². The number of fused-ring (bicyclic) bond motifs is 1. The predicted molar refractivity (Wildman–Crippen MR) is 72.7 cm³/mol. The van der Waals surface area contributed by atoms with Crippen LogP contribution in [0.2, 0.25) is 0 Å². The van der Waals surface area contributed by atoms with Crippen LogP contribution < -0.4 is 0 Å². The van der Waals surface area contributed by atoms with Crippen LogP contribution in [0.4, 0.5) is 5.69 Å². The van der Waals surface area contributed by atoms with Gasteiger partial charge < -0.3 is 4.57 Å². The molecule has 0 amide bonds. The molecule has 2 rings (SSSR count). The van der Waals surface area contributed by atoms with Crippen molar-refractivity contribution in [1.82, 2.24) is 4.57 Å². The molecule has 96 valence electrons. The number of non-ortho nitro benzene ring substituents is 1. The van der Waals surface area contributed by atoms with E-state index in [-0.39, 0.29) is 10.6 Å². The Morgan fingerprint density at radius 2 is 2.00 bits per heavy atom. The van der Waals surface area contributed by atoms with Gasteiger partial charge in [-0.05, 0) is 18.1 Å². The SMILES string of the molecule is CCC(CC)Cn1ccc2ccc([N+](=O)[O-])cc21. The Morgan fingerprint density at radius 1 is 1.28 bits per heavy atom. The van der Waals surface area contributed by atoms with E-state index in [1.54, 1.807) is 12.1 Å². The van der Waals surface area contributed by atoms with Gasteiger partial charge in [0.05, 0.1) is 10.4 Å². The highest BCUT2D eigenvalue weighted by atomic mass is 16.6. The summed E-state index contributed by atoms with van der Waals surface area (Å²) in [6.07, 6.45) is 4.28. The summed E-state index contributed by atoms with van der Waals surface area (Å²) in [5.74, 6) is 0.625. The van der Waals surface area contributed by atoms with E-state index in [2.05, 4.69) is 18.4 Å². The Balaban J connectivity index is 2.39. The van der Waals surface area contributed by atoms with Crippen molar-refractivity contribution < 1.29 is 4.92 Å². The maximum Gasteiger partial charge on any atom is 0.271 e. The van der Waals surface area contributed by atoms with Gasteiger partial charge in [0, 0.05) is 30.3 Å². The number of nitro groups is 1. The van der Waals surface area contributed by atoms with E-state index in [4.69, 9.17) is 0 Å². The van der Waals surface area contributed by atoms with Gasteiger partial charge in [-0.1, -0.05) is 26.7 Å². The molecule has 0 bridgehead atoms. The van der Waals surface area contributed by atoms with Crippen LogP contribution in [-0.2, 0) is 6.54 Å². The highest BCUT2D eigenvalue weighted by Gasteiger charge is 2.11. The fourth-order valence-electron chi connectivity index (χ4n) is 2.27. The lowest BCUT2D eigenvalue weighted by molar-refractivity contribution is -0.384. The first-order chi connectivity index (χ1) is 8.65. The predicted octanol–water partition coefficient (Wildman–Crippen LogP) is 3.99. The molecule has 1 aromatic carbocycles. The third-order valence-corrected chi connectivity index (χ3v) is 3.58. The summed E-state index contributed by atoms with van der Waals surface area (Å²) in [5.41, 5.74) is 1.11. The fraction of sp³-hybridized carbons (Fsp3) is 0.429. The molecule has 1 heterocycles. The zero-order chi connectivity index (χ0) is 13.1. The summed E-state index contributed by atoms with van der Waals surface area (Å²) < 4.78 is 2.12. The lowest BCUT2D eigenvalue weighted by Crippen LogP contribution is -2.08. The summed E-state index contributed by atoms with van der Waals surface area (Å²) in [6, 6.07) is 7.06. The number of nitrogens with zero attached hydrogens (tertiary/aromatic N) is 2. The second-order valence-electron chi connectivity index (χ2n) is 4.65. The molecule has 0 N–H and O–H groups in total. The van der Waals surface area contributed by atoms with E-state index >= 15 is 0 Å². The van der Waals surface area contributed by atoms with Gasteiger partial charge in [-0.15, -0.1) is 0 Å². The van der Waals surface area contributed by atoms with Crippen molar-refractivity contribution in [3.8, 4) is 0 Å². The molecule has 4 heteroatoms. The zero-order valence-electron chi connectivity index (χ0n) is 10.8. The summed E-state index contributed by atoms with van der Waals surface area (Å²) in [7, 11) is 0. The minimum Gasteiger partial charge on any atom is -0.347 e. The van der Waals surface area contributed by atoms with E-state index < -0.39 is 0 Å². The molecule has 2 aromatic rings. The average Bonchev–Trinajstić information content (AvgIpc) is 2.78. The fourth-order valence-corrected chi connectivity index (χ4v) is 2.27. The quantitative estimate of drug-likeness (QED) is 0.591. The number of nitro benzene ring substituents is 1. The molecule has 4 nitrogen and oxygen atoms in total. The van der Waals surface area contributed by atoms with Crippen molar-refractivity contribution >= 4 is 16.6 Å². The average molecular weight is 246 g/mol. The summed E-state index contributed by atoms with van der Waals surface area (Å²) >= 11 is 0. The largest absolute Gasteiger partial charge is 0.347 e. The van der Waals surface area contributed by atoms with Crippen LogP contribution in [0, 0.1) is 16.0 Å². The zero-order valence-corrected chi connectivity index (χ0v) is 10.8. The Hall–Kier alpha value is -1.84. The smallest absolute Gasteiger partial charge is 0.271 e. The van der Waals surface area contributed by atoms with Gasteiger partial charge in [-0.25, -0.2) is 0 Å². The topological polar surface area (TPSA) is 48.1 Å². The molecule has 1 aromatic heterocycles. The van der Waals surface area contributed by atoms with E-state index in [1.165, 1.54) is 0 Å². The number of benzene rings is 1. The van der Waals surface area contributed by atoms with Crippen molar-refractivity contribution in [2.24, 2.45) is 5.92 Å². The molecule has 0 radical (unpaired) electrons.